The van der Waals surface area contributed by atoms with E-state index in [9.17, 15) is 19.7 Å². The van der Waals surface area contributed by atoms with E-state index in [4.69, 9.17) is 9.47 Å². The number of nitro groups is 1. The first-order chi connectivity index (χ1) is 11.4. The Labute approximate surface area is 146 Å². The molecule has 0 spiro atoms. The quantitative estimate of drug-likeness (QED) is 0.333. The summed E-state index contributed by atoms with van der Waals surface area (Å²) in [5.41, 5.74) is -0.439. The average molecular weight is 353 g/mol. The molecule has 0 amide bonds. The van der Waals surface area contributed by atoms with Crippen molar-refractivity contribution in [1.82, 2.24) is 0 Å². The van der Waals surface area contributed by atoms with Gasteiger partial charge in [-0.3, -0.25) is 14.9 Å². The second kappa shape index (κ2) is 7.50. The Hall–Kier alpha value is -2.64. The Kier molecular flexibility index (Phi) is 6.12. The van der Waals surface area contributed by atoms with Crippen molar-refractivity contribution in [3.05, 3.63) is 33.4 Å². The third-order valence-electron chi connectivity index (χ3n) is 3.72. The van der Waals surface area contributed by atoms with Crippen molar-refractivity contribution in [2.24, 2.45) is 0 Å². The zero-order valence-corrected chi connectivity index (χ0v) is 15.2. The maximum Gasteiger partial charge on any atom is 0.508 e. The summed E-state index contributed by atoms with van der Waals surface area (Å²) in [7, 11) is 1.19. The minimum absolute atomic E-state index is 0.0492. The normalized spacial score (nSPS) is 11.6. The van der Waals surface area contributed by atoms with Crippen LogP contribution in [-0.2, 0) is 25.1 Å². The summed E-state index contributed by atoms with van der Waals surface area (Å²) >= 11 is 0. The maximum absolute atomic E-state index is 11.4. The van der Waals surface area contributed by atoms with Crippen LogP contribution < -0.4 is 4.74 Å². The van der Waals surface area contributed by atoms with Crippen LogP contribution in [0.5, 0.6) is 5.75 Å². The molecule has 0 radical (unpaired) electrons. The van der Waals surface area contributed by atoms with Gasteiger partial charge in [-0.1, -0.05) is 34.6 Å². The lowest BCUT2D eigenvalue weighted by atomic mass is 9.78. The summed E-state index contributed by atoms with van der Waals surface area (Å²) in [4.78, 5) is 33.0. The molecule has 0 heterocycles. The fraction of sp³-hybridized carbons (Fsp3) is 0.529. The van der Waals surface area contributed by atoms with E-state index in [0.717, 1.165) is 0 Å². The highest BCUT2D eigenvalue weighted by Gasteiger charge is 2.33. The van der Waals surface area contributed by atoms with Crippen LogP contribution in [0.4, 0.5) is 10.5 Å². The number of nitrogens with zero attached hydrogens (tertiary/aromatic N) is 1. The van der Waals surface area contributed by atoms with Gasteiger partial charge in [-0.25, -0.2) is 4.79 Å². The predicted octanol–water partition coefficient (Wildman–Crippen LogP) is 3.49. The number of hydrogen-bond donors (Lipinski definition) is 0. The molecule has 0 unspecified atom stereocenters. The van der Waals surface area contributed by atoms with Crippen LogP contribution >= 0.6 is 0 Å². The number of rotatable bonds is 6. The lowest BCUT2D eigenvalue weighted by Crippen LogP contribution is -2.28. The Morgan fingerprint density at radius 3 is 2.24 bits per heavy atom. The molecule has 0 aliphatic carbocycles. The number of carbonyl (C=O) groups is 2. The molecule has 0 fully saturated rings. The van der Waals surface area contributed by atoms with Crippen LogP contribution in [0.25, 0.3) is 0 Å². The molecule has 1 aromatic carbocycles. The van der Waals surface area contributed by atoms with Gasteiger partial charge in [-0.2, -0.15) is 0 Å². The van der Waals surface area contributed by atoms with E-state index in [2.05, 4.69) is 4.74 Å². The molecule has 8 nitrogen and oxygen atoms in total. The highest BCUT2D eigenvalue weighted by molar-refractivity contribution is 5.61. The molecule has 0 saturated carbocycles. The minimum atomic E-state index is -0.844. The van der Waals surface area contributed by atoms with Gasteiger partial charge in [0.1, 0.15) is 12.4 Å². The molecule has 0 bridgehead atoms. The standard InChI is InChI=1S/C17H23NO7/c1-16(2,3)11-7-12(17(4,5)9-24-15(20)23-6)14(25-10-19)8-13(11)18(21)22/h7-8,10H,9H2,1-6H3. The molecule has 1 aromatic rings. The Morgan fingerprint density at radius 2 is 1.80 bits per heavy atom. The largest absolute Gasteiger partial charge is 0.508 e. The second-order valence-electron chi connectivity index (χ2n) is 7.21. The third-order valence-corrected chi connectivity index (χ3v) is 3.72. The summed E-state index contributed by atoms with van der Waals surface area (Å²) in [5.74, 6) is 0.0492. The topological polar surface area (TPSA) is 105 Å². The number of carbonyl (C=O) groups excluding carboxylic acids is 2. The molecule has 138 valence electrons. The van der Waals surface area contributed by atoms with Crippen molar-refractivity contribution in [1.29, 1.82) is 0 Å². The molecule has 0 aromatic heterocycles. The summed E-state index contributed by atoms with van der Waals surface area (Å²) in [6.45, 7) is 9.21. The van der Waals surface area contributed by atoms with Gasteiger partial charge in [0.05, 0.1) is 18.1 Å². The van der Waals surface area contributed by atoms with Gasteiger partial charge in [0, 0.05) is 16.5 Å². The van der Waals surface area contributed by atoms with Crippen molar-refractivity contribution >= 4 is 18.3 Å². The van der Waals surface area contributed by atoms with Crippen molar-refractivity contribution < 1.29 is 28.7 Å². The smallest absolute Gasteiger partial charge is 0.438 e. The Balaban J connectivity index is 3.52. The van der Waals surface area contributed by atoms with Crippen LogP contribution in [0, 0.1) is 10.1 Å². The van der Waals surface area contributed by atoms with Crippen LogP contribution in [0.2, 0.25) is 0 Å². The zero-order valence-electron chi connectivity index (χ0n) is 15.2. The van der Waals surface area contributed by atoms with E-state index in [0.29, 0.717) is 11.1 Å². The van der Waals surface area contributed by atoms with Crippen LogP contribution in [0.15, 0.2) is 12.1 Å². The third kappa shape index (κ3) is 4.91. The van der Waals surface area contributed by atoms with Gasteiger partial charge >= 0.3 is 6.16 Å². The SMILES string of the molecule is COC(=O)OCC(C)(C)c1cc(C(C)(C)C)c([N+](=O)[O-])cc1OC=O. The van der Waals surface area contributed by atoms with Crippen molar-refractivity contribution in [3.8, 4) is 5.75 Å². The number of methoxy groups -OCH3 is 1. The molecule has 1 rings (SSSR count). The summed E-state index contributed by atoms with van der Waals surface area (Å²) in [6, 6.07) is 2.85. The highest BCUT2D eigenvalue weighted by Crippen LogP contribution is 2.41. The van der Waals surface area contributed by atoms with E-state index in [1.54, 1.807) is 19.9 Å². The molecule has 25 heavy (non-hydrogen) atoms. The molecule has 0 saturated heterocycles. The molecule has 0 N–H and O–H groups in total. The first-order valence-electron chi connectivity index (χ1n) is 7.58. The maximum atomic E-state index is 11.4. The number of hydrogen-bond acceptors (Lipinski definition) is 7. The first-order valence-corrected chi connectivity index (χ1v) is 7.58. The first kappa shape index (κ1) is 20.4. The lowest BCUT2D eigenvalue weighted by Gasteiger charge is -2.28. The summed E-state index contributed by atoms with van der Waals surface area (Å²) in [6.07, 6.45) is -0.844. The molecule has 8 heteroatoms. The highest BCUT2D eigenvalue weighted by atomic mass is 16.7. The Morgan fingerprint density at radius 1 is 1.20 bits per heavy atom. The Bertz CT molecular complexity index is 674. The number of nitro benzene ring substituents is 1. The van der Waals surface area contributed by atoms with Gasteiger partial charge in [-0.05, 0) is 11.5 Å². The van der Waals surface area contributed by atoms with E-state index < -0.39 is 21.9 Å². The summed E-state index contributed by atoms with van der Waals surface area (Å²) in [5, 5.41) is 11.4. The second-order valence-corrected chi connectivity index (χ2v) is 7.21. The van der Waals surface area contributed by atoms with Crippen LogP contribution in [0.3, 0.4) is 0 Å². The lowest BCUT2D eigenvalue weighted by molar-refractivity contribution is -0.386. The van der Waals surface area contributed by atoms with Gasteiger partial charge < -0.3 is 14.2 Å². The van der Waals surface area contributed by atoms with E-state index in [-0.39, 0.29) is 24.5 Å². The fourth-order valence-corrected chi connectivity index (χ4v) is 2.38. The zero-order chi connectivity index (χ0) is 19.4. The fourth-order valence-electron chi connectivity index (χ4n) is 2.38. The average Bonchev–Trinajstić information content (AvgIpc) is 2.51. The van der Waals surface area contributed by atoms with E-state index in [1.807, 2.05) is 20.8 Å². The van der Waals surface area contributed by atoms with Crippen molar-refractivity contribution in [2.75, 3.05) is 13.7 Å². The number of benzene rings is 1. The molecule has 0 aliphatic heterocycles. The van der Waals surface area contributed by atoms with Crippen LogP contribution in [0.1, 0.15) is 45.7 Å². The molecular weight excluding hydrogens is 330 g/mol. The van der Waals surface area contributed by atoms with E-state index in [1.165, 1.54) is 13.2 Å². The van der Waals surface area contributed by atoms with Crippen LogP contribution in [-0.4, -0.2) is 31.3 Å². The van der Waals surface area contributed by atoms with Gasteiger partial charge in [0.25, 0.3) is 12.2 Å². The molecular formula is C17H23NO7. The van der Waals surface area contributed by atoms with Gasteiger partial charge in [-0.15, -0.1) is 0 Å². The predicted molar refractivity (Wildman–Crippen MR) is 89.9 cm³/mol. The van der Waals surface area contributed by atoms with Gasteiger partial charge in [0.15, 0.2) is 0 Å². The monoisotopic (exact) mass is 353 g/mol. The van der Waals surface area contributed by atoms with Crippen molar-refractivity contribution in [2.45, 2.75) is 45.4 Å². The molecule has 0 aliphatic rings. The van der Waals surface area contributed by atoms with Gasteiger partial charge in [0.2, 0.25) is 0 Å². The van der Waals surface area contributed by atoms with Crippen molar-refractivity contribution in [3.63, 3.8) is 0 Å². The summed E-state index contributed by atoms with van der Waals surface area (Å²) < 4.78 is 14.4. The number of ether oxygens (including phenoxy) is 3. The van der Waals surface area contributed by atoms with E-state index >= 15 is 0 Å². The molecule has 0 atom stereocenters. The minimum Gasteiger partial charge on any atom is -0.438 e.